The minimum Gasteiger partial charge on any atom is -0.368 e. The van der Waals surface area contributed by atoms with Crippen molar-refractivity contribution in [1.82, 2.24) is 4.90 Å². The summed E-state index contributed by atoms with van der Waals surface area (Å²) in [5.74, 6) is -0.318. The Hall–Kier alpha value is -1.88. The molecule has 2 rings (SSSR count). The van der Waals surface area contributed by atoms with Gasteiger partial charge in [0.25, 0.3) is 5.91 Å². The predicted octanol–water partition coefficient (Wildman–Crippen LogP) is 1.88. The lowest BCUT2D eigenvalue weighted by atomic mass is 10.1. The van der Waals surface area contributed by atoms with E-state index in [1.807, 2.05) is 32.0 Å². The maximum absolute atomic E-state index is 12.1. The molecule has 5 nitrogen and oxygen atoms in total. The smallest absolute Gasteiger partial charge is 0.251 e. The number of likely N-dealkylation sites (N-methyl/N-ethyl adjacent to an activating group) is 1. The number of carbonyl (C=O) groups excluding carboxylic acids is 2. The average molecular weight is 290 g/mol. The SMILES string of the molecule is Cc1ccc(C)c(NC(=O)CN(C)C(=O)[C@H]2CCCO2)c1. The molecule has 0 bridgehead atoms. The van der Waals surface area contributed by atoms with Gasteiger partial charge in [-0.1, -0.05) is 12.1 Å². The van der Waals surface area contributed by atoms with E-state index in [4.69, 9.17) is 4.74 Å². The van der Waals surface area contributed by atoms with Crippen molar-refractivity contribution in [3.63, 3.8) is 0 Å². The molecule has 1 N–H and O–H groups in total. The Morgan fingerprint density at radius 3 is 2.81 bits per heavy atom. The third kappa shape index (κ3) is 4.04. The van der Waals surface area contributed by atoms with Crippen molar-refractivity contribution in [2.45, 2.75) is 32.8 Å². The molecule has 114 valence electrons. The summed E-state index contributed by atoms with van der Waals surface area (Å²) in [5, 5.41) is 2.85. The van der Waals surface area contributed by atoms with E-state index in [1.165, 1.54) is 4.90 Å². The lowest BCUT2D eigenvalue weighted by Gasteiger charge is -2.20. The number of benzene rings is 1. The molecule has 1 heterocycles. The third-order valence-electron chi connectivity index (χ3n) is 3.63. The van der Waals surface area contributed by atoms with Crippen molar-refractivity contribution in [2.75, 3.05) is 25.5 Å². The van der Waals surface area contributed by atoms with E-state index in [0.717, 1.165) is 29.7 Å². The molecule has 1 aromatic carbocycles. The minimum atomic E-state index is -0.386. The summed E-state index contributed by atoms with van der Waals surface area (Å²) in [4.78, 5) is 25.6. The Labute approximate surface area is 125 Å². The number of ether oxygens (including phenoxy) is 1. The lowest BCUT2D eigenvalue weighted by Crippen LogP contribution is -2.40. The number of nitrogens with zero attached hydrogens (tertiary/aromatic N) is 1. The van der Waals surface area contributed by atoms with E-state index in [1.54, 1.807) is 7.05 Å². The van der Waals surface area contributed by atoms with Crippen LogP contribution in [0.1, 0.15) is 24.0 Å². The molecule has 21 heavy (non-hydrogen) atoms. The van der Waals surface area contributed by atoms with Gasteiger partial charge in [0.2, 0.25) is 5.91 Å². The van der Waals surface area contributed by atoms with Crippen molar-refractivity contribution in [3.05, 3.63) is 29.3 Å². The summed E-state index contributed by atoms with van der Waals surface area (Å²) < 4.78 is 5.35. The van der Waals surface area contributed by atoms with Gasteiger partial charge in [-0.3, -0.25) is 9.59 Å². The van der Waals surface area contributed by atoms with Gasteiger partial charge in [-0.2, -0.15) is 0 Å². The van der Waals surface area contributed by atoms with E-state index in [9.17, 15) is 9.59 Å². The van der Waals surface area contributed by atoms with Gasteiger partial charge in [-0.05, 0) is 43.9 Å². The second-order valence-corrected chi connectivity index (χ2v) is 5.56. The summed E-state index contributed by atoms with van der Waals surface area (Å²) >= 11 is 0. The topological polar surface area (TPSA) is 58.6 Å². The van der Waals surface area contributed by atoms with E-state index in [0.29, 0.717) is 6.61 Å². The van der Waals surface area contributed by atoms with Crippen molar-refractivity contribution in [3.8, 4) is 0 Å². The van der Waals surface area contributed by atoms with Crippen LogP contribution in [0.5, 0.6) is 0 Å². The zero-order valence-corrected chi connectivity index (χ0v) is 12.8. The highest BCUT2D eigenvalue weighted by atomic mass is 16.5. The molecule has 0 aliphatic carbocycles. The van der Waals surface area contributed by atoms with Gasteiger partial charge in [0.1, 0.15) is 6.10 Å². The predicted molar refractivity (Wildman–Crippen MR) is 81.2 cm³/mol. The standard InChI is InChI=1S/C16H22N2O3/c1-11-6-7-12(2)13(9-11)17-15(19)10-18(3)16(20)14-5-4-8-21-14/h6-7,9,14H,4-5,8,10H2,1-3H3,(H,17,19)/t14-/m1/s1. The maximum Gasteiger partial charge on any atom is 0.251 e. The molecule has 1 saturated heterocycles. The molecular formula is C16H22N2O3. The first kappa shape index (κ1) is 15.5. The molecule has 1 aromatic rings. The summed E-state index contributed by atoms with van der Waals surface area (Å²) in [5.41, 5.74) is 2.87. The van der Waals surface area contributed by atoms with Crippen LogP contribution in [0.4, 0.5) is 5.69 Å². The molecule has 1 atom stereocenters. The van der Waals surface area contributed by atoms with E-state index in [2.05, 4.69) is 5.32 Å². The average Bonchev–Trinajstić information content (AvgIpc) is 2.96. The molecule has 0 unspecified atom stereocenters. The fourth-order valence-electron chi connectivity index (χ4n) is 2.37. The normalized spacial score (nSPS) is 17.6. The second-order valence-electron chi connectivity index (χ2n) is 5.56. The van der Waals surface area contributed by atoms with Gasteiger partial charge >= 0.3 is 0 Å². The van der Waals surface area contributed by atoms with Crippen LogP contribution >= 0.6 is 0 Å². The highest BCUT2D eigenvalue weighted by Gasteiger charge is 2.27. The zero-order valence-electron chi connectivity index (χ0n) is 12.8. The number of carbonyl (C=O) groups is 2. The Morgan fingerprint density at radius 1 is 1.38 bits per heavy atom. The number of hydrogen-bond acceptors (Lipinski definition) is 3. The first-order valence-electron chi connectivity index (χ1n) is 7.21. The summed E-state index contributed by atoms with van der Waals surface area (Å²) in [7, 11) is 1.63. The Bertz CT molecular complexity index is 536. The quantitative estimate of drug-likeness (QED) is 0.921. The molecule has 0 saturated carbocycles. The maximum atomic E-state index is 12.1. The Balaban J connectivity index is 1.91. The number of anilines is 1. The van der Waals surface area contributed by atoms with Gasteiger partial charge in [0.05, 0.1) is 6.54 Å². The number of rotatable bonds is 4. The van der Waals surface area contributed by atoms with Gasteiger partial charge in [0.15, 0.2) is 0 Å². The van der Waals surface area contributed by atoms with Gasteiger partial charge in [0, 0.05) is 19.3 Å². The number of hydrogen-bond donors (Lipinski definition) is 1. The monoisotopic (exact) mass is 290 g/mol. The van der Waals surface area contributed by atoms with Gasteiger partial charge < -0.3 is 15.0 Å². The van der Waals surface area contributed by atoms with Crippen LogP contribution < -0.4 is 5.32 Å². The molecular weight excluding hydrogens is 268 g/mol. The highest BCUT2D eigenvalue weighted by Crippen LogP contribution is 2.17. The van der Waals surface area contributed by atoms with Crippen molar-refractivity contribution in [1.29, 1.82) is 0 Å². The van der Waals surface area contributed by atoms with Crippen molar-refractivity contribution in [2.24, 2.45) is 0 Å². The van der Waals surface area contributed by atoms with Crippen LogP contribution in [0.2, 0.25) is 0 Å². The third-order valence-corrected chi connectivity index (χ3v) is 3.63. The van der Waals surface area contributed by atoms with Gasteiger partial charge in [-0.15, -0.1) is 0 Å². The molecule has 1 aliphatic heterocycles. The zero-order chi connectivity index (χ0) is 15.4. The molecule has 5 heteroatoms. The lowest BCUT2D eigenvalue weighted by molar-refractivity contribution is -0.141. The molecule has 1 fully saturated rings. The van der Waals surface area contributed by atoms with E-state index >= 15 is 0 Å². The van der Waals surface area contributed by atoms with Gasteiger partial charge in [-0.25, -0.2) is 0 Å². The number of amides is 2. The summed E-state index contributed by atoms with van der Waals surface area (Å²) in [6.07, 6.45) is 1.25. The van der Waals surface area contributed by atoms with E-state index < -0.39 is 0 Å². The second kappa shape index (κ2) is 6.72. The number of aryl methyl sites for hydroxylation is 2. The van der Waals surface area contributed by atoms with Crippen LogP contribution in [0.25, 0.3) is 0 Å². The molecule has 0 radical (unpaired) electrons. The minimum absolute atomic E-state index is 0.0338. The van der Waals surface area contributed by atoms with Crippen molar-refractivity contribution < 1.29 is 14.3 Å². The Kier molecular flexibility index (Phi) is 4.96. The van der Waals surface area contributed by atoms with Crippen LogP contribution in [-0.4, -0.2) is 43.0 Å². The fraction of sp³-hybridized carbons (Fsp3) is 0.500. The number of nitrogens with one attached hydrogen (secondary N) is 1. The molecule has 0 spiro atoms. The summed E-state index contributed by atoms with van der Waals surface area (Å²) in [6, 6.07) is 5.89. The first-order valence-corrected chi connectivity index (χ1v) is 7.21. The van der Waals surface area contributed by atoms with Crippen LogP contribution in [-0.2, 0) is 14.3 Å². The molecule has 0 aromatic heterocycles. The highest BCUT2D eigenvalue weighted by molar-refractivity contribution is 5.95. The van der Waals surface area contributed by atoms with Crippen LogP contribution in [0, 0.1) is 13.8 Å². The largest absolute Gasteiger partial charge is 0.368 e. The Morgan fingerprint density at radius 2 is 2.14 bits per heavy atom. The van der Waals surface area contributed by atoms with Crippen molar-refractivity contribution >= 4 is 17.5 Å². The van der Waals surface area contributed by atoms with Crippen LogP contribution in [0.3, 0.4) is 0 Å². The summed E-state index contributed by atoms with van der Waals surface area (Å²) in [6.45, 7) is 4.57. The van der Waals surface area contributed by atoms with Crippen LogP contribution in [0.15, 0.2) is 18.2 Å². The molecule has 1 aliphatic rings. The first-order chi connectivity index (χ1) is 9.97. The van der Waals surface area contributed by atoms with E-state index in [-0.39, 0.29) is 24.5 Å². The fourth-order valence-corrected chi connectivity index (χ4v) is 2.37. The molecule has 2 amide bonds.